The first kappa shape index (κ1) is 16.6. The molecule has 3 aromatic rings. The van der Waals surface area contributed by atoms with Crippen LogP contribution in [0.15, 0.2) is 52.3 Å². The van der Waals surface area contributed by atoms with Gasteiger partial charge < -0.3 is 9.26 Å². The molecule has 26 heavy (non-hydrogen) atoms. The number of hydrogen-bond acceptors (Lipinski definition) is 8. The van der Waals surface area contributed by atoms with Gasteiger partial charge in [-0.25, -0.2) is 13.4 Å². The summed E-state index contributed by atoms with van der Waals surface area (Å²) in [6, 6.07) is 6.39. The fourth-order valence-electron chi connectivity index (χ4n) is 2.62. The van der Waals surface area contributed by atoms with E-state index in [4.69, 9.17) is 9.26 Å². The van der Waals surface area contributed by atoms with Crippen molar-refractivity contribution in [1.82, 2.24) is 24.4 Å². The van der Waals surface area contributed by atoms with Gasteiger partial charge in [-0.2, -0.15) is 9.29 Å². The second-order valence-corrected chi connectivity index (χ2v) is 7.68. The lowest BCUT2D eigenvalue weighted by molar-refractivity contribution is 0.216. The van der Waals surface area contributed by atoms with Crippen LogP contribution < -0.4 is 4.74 Å². The first-order valence-corrected chi connectivity index (χ1v) is 9.26. The summed E-state index contributed by atoms with van der Waals surface area (Å²) in [7, 11) is -2.08. The number of sulfonamides is 1. The van der Waals surface area contributed by atoms with Gasteiger partial charge in [0.15, 0.2) is 0 Å². The minimum Gasteiger partial charge on any atom is -0.497 e. The summed E-state index contributed by atoms with van der Waals surface area (Å²) in [6.07, 6.45) is 4.63. The van der Waals surface area contributed by atoms with Crippen molar-refractivity contribution in [3.05, 3.63) is 48.7 Å². The molecule has 1 fully saturated rings. The van der Waals surface area contributed by atoms with Gasteiger partial charge in [-0.15, -0.1) is 0 Å². The highest BCUT2D eigenvalue weighted by Crippen LogP contribution is 2.32. The third-order valence-electron chi connectivity index (χ3n) is 4.11. The van der Waals surface area contributed by atoms with Crippen LogP contribution in [0, 0.1) is 0 Å². The molecule has 1 aliphatic heterocycles. The van der Waals surface area contributed by atoms with Crippen LogP contribution in [0.4, 0.5) is 0 Å². The normalized spacial score (nSPS) is 15.6. The van der Waals surface area contributed by atoms with Crippen LogP contribution in [0.5, 0.6) is 5.75 Å². The highest BCUT2D eigenvalue weighted by Gasteiger charge is 2.40. The highest BCUT2D eigenvalue weighted by molar-refractivity contribution is 7.89. The summed E-state index contributed by atoms with van der Waals surface area (Å²) >= 11 is 0. The number of benzene rings is 1. The van der Waals surface area contributed by atoms with Gasteiger partial charge >= 0.3 is 0 Å². The number of methoxy groups -OCH3 is 1. The molecule has 0 bridgehead atoms. The van der Waals surface area contributed by atoms with Gasteiger partial charge in [0.05, 0.1) is 24.1 Å². The predicted molar refractivity (Wildman–Crippen MR) is 89.8 cm³/mol. The minimum absolute atomic E-state index is 0.145. The first-order chi connectivity index (χ1) is 12.6. The van der Waals surface area contributed by atoms with Crippen LogP contribution >= 0.6 is 0 Å². The van der Waals surface area contributed by atoms with Gasteiger partial charge in [-0.05, 0) is 12.1 Å². The Morgan fingerprint density at radius 1 is 1.27 bits per heavy atom. The Hall–Kier alpha value is -2.85. The summed E-state index contributed by atoms with van der Waals surface area (Å²) in [6.45, 7) is 0.559. The van der Waals surface area contributed by atoms with E-state index in [1.165, 1.54) is 29.9 Å². The molecular weight excluding hydrogens is 358 g/mol. The maximum absolute atomic E-state index is 12.7. The van der Waals surface area contributed by atoms with Gasteiger partial charge in [-0.3, -0.25) is 4.98 Å². The zero-order valence-corrected chi connectivity index (χ0v) is 14.6. The van der Waals surface area contributed by atoms with Crippen LogP contribution in [0.1, 0.15) is 11.8 Å². The van der Waals surface area contributed by atoms with Crippen molar-refractivity contribution in [2.45, 2.75) is 10.8 Å². The van der Waals surface area contributed by atoms with Gasteiger partial charge in [0.25, 0.3) is 0 Å². The van der Waals surface area contributed by atoms with E-state index in [1.807, 2.05) is 0 Å². The number of rotatable bonds is 5. The first-order valence-electron chi connectivity index (χ1n) is 7.82. The highest BCUT2D eigenvalue weighted by atomic mass is 32.2. The summed E-state index contributed by atoms with van der Waals surface area (Å²) in [5.74, 6) is 1.08. The molecule has 0 saturated carbocycles. The Bertz CT molecular complexity index is 1020. The fourth-order valence-corrected chi connectivity index (χ4v) is 4.19. The van der Waals surface area contributed by atoms with Crippen molar-refractivity contribution in [3.63, 3.8) is 0 Å². The van der Waals surface area contributed by atoms with Gasteiger partial charge in [0.1, 0.15) is 11.4 Å². The number of hydrogen-bond donors (Lipinski definition) is 0. The van der Waals surface area contributed by atoms with E-state index in [-0.39, 0.29) is 23.9 Å². The van der Waals surface area contributed by atoms with Crippen LogP contribution in [0.25, 0.3) is 11.5 Å². The molecule has 2 aromatic heterocycles. The van der Waals surface area contributed by atoms with E-state index in [9.17, 15) is 8.42 Å². The van der Waals surface area contributed by atoms with Crippen LogP contribution in [0.2, 0.25) is 0 Å². The molecule has 0 aliphatic carbocycles. The lowest BCUT2D eigenvalue weighted by Crippen LogP contribution is -2.48. The minimum atomic E-state index is -3.58. The molecule has 9 nitrogen and oxygen atoms in total. The van der Waals surface area contributed by atoms with Crippen molar-refractivity contribution in [2.75, 3.05) is 20.2 Å². The molecule has 1 aromatic carbocycles. The topological polar surface area (TPSA) is 111 Å². The van der Waals surface area contributed by atoms with E-state index >= 15 is 0 Å². The van der Waals surface area contributed by atoms with Gasteiger partial charge in [0, 0.05) is 31.5 Å². The van der Waals surface area contributed by atoms with Crippen molar-refractivity contribution in [1.29, 1.82) is 0 Å². The summed E-state index contributed by atoms with van der Waals surface area (Å²) in [5.41, 5.74) is 0.502. The van der Waals surface area contributed by atoms with Crippen molar-refractivity contribution >= 4 is 10.0 Å². The lowest BCUT2D eigenvalue weighted by Gasteiger charge is -2.35. The molecule has 4 rings (SSSR count). The summed E-state index contributed by atoms with van der Waals surface area (Å²) in [4.78, 5) is 12.6. The lowest BCUT2D eigenvalue weighted by atomic mass is 10.0. The van der Waals surface area contributed by atoms with E-state index in [2.05, 4.69) is 20.1 Å². The molecule has 0 amide bonds. The molecule has 0 unspecified atom stereocenters. The molecule has 3 heterocycles. The Morgan fingerprint density at radius 2 is 2.12 bits per heavy atom. The molecule has 0 radical (unpaired) electrons. The zero-order chi connectivity index (χ0) is 18.1. The van der Waals surface area contributed by atoms with E-state index in [0.717, 1.165) is 0 Å². The quantitative estimate of drug-likeness (QED) is 0.658. The Balaban J connectivity index is 1.47. The molecule has 1 saturated heterocycles. The van der Waals surface area contributed by atoms with Crippen LogP contribution in [-0.2, 0) is 10.0 Å². The molecule has 10 heteroatoms. The Morgan fingerprint density at radius 3 is 2.85 bits per heavy atom. The number of aromatic nitrogens is 4. The number of nitrogens with zero attached hydrogens (tertiary/aromatic N) is 5. The third kappa shape index (κ3) is 2.93. The van der Waals surface area contributed by atoms with Crippen molar-refractivity contribution < 1.29 is 17.7 Å². The molecule has 0 spiro atoms. The smallest absolute Gasteiger partial charge is 0.243 e. The Labute approximate surface area is 149 Å². The molecule has 0 atom stereocenters. The second kappa shape index (κ2) is 6.46. The van der Waals surface area contributed by atoms with E-state index in [0.29, 0.717) is 23.2 Å². The predicted octanol–water partition coefficient (Wildman–Crippen LogP) is 1.32. The van der Waals surface area contributed by atoms with Gasteiger partial charge in [-0.1, -0.05) is 11.2 Å². The third-order valence-corrected chi connectivity index (χ3v) is 5.94. The molecule has 134 valence electrons. The second-order valence-electron chi connectivity index (χ2n) is 5.74. The van der Waals surface area contributed by atoms with Crippen molar-refractivity contribution in [2.24, 2.45) is 0 Å². The monoisotopic (exact) mass is 373 g/mol. The van der Waals surface area contributed by atoms with Crippen LogP contribution in [-0.4, -0.2) is 53.0 Å². The molecule has 0 N–H and O–H groups in total. The van der Waals surface area contributed by atoms with E-state index in [1.54, 1.807) is 24.4 Å². The average Bonchev–Trinajstić information content (AvgIpc) is 3.10. The fraction of sp³-hybridized carbons (Fsp3) is 0.250. The summed E-state index contributed by atoms with van der Waals surface area (Å²) < 4.78 is 37.1. The molecular formula is C16H15N5O4S. The standard InChI is InChI=1S/C16H15N5O4S/c1-24-12-3-2-4-13(7-12)26(22,23)21-9-11(10-21)16-19-15(20-25-16)14-8-17-5-6-18-14/h2-8,11H,9-10H2,1H3. The van der Waals surface area contributed by atoms with E-state index < -0.39 is 10.0 Å². The van der Waals surface area contributed by atoms with Crippen LogP contribution in [0.3, 0.4) is 0 Å². The van der Waals surface area contributed by atoms with Gasteiger partial charge in [0.2, 0.25) is 21.7 Å². The largest absolute Gasteiger partial charge is 0.497 e. The SMILES string of the molecule is COc1cccc(S(=O)(=O)N2CC(c3nc(-c4cnccn4)no3)C2)c1. The summed E-state index contributed by atoms with van der Waals surface area (Å²) in [5, 5.41) is 3.88. The maximum atomic E-state index is 12.7. The zero-order valence-electron chi connectivity index (χ0n) is 13.8. The molecule has 1 aliphatic rings. The average molecular weight is 373 g/mol. The van der Waals surface area contributed by atoms with Crippen molar-refractivity contribution in [3.8, 4) is 17.3 Å². The number of ether oxygens (including phenoxy) is 1. The Kier molecular flexibility index (Phi) is 4.13. The maximum Gasteiger partial charge on any atom is 0.243 e.